The van der Waals surface area contributed by atoms with E-state index in [2.05, 4.69) is 9.97 Å². The smallest absolute Gasteiger partial charge is 0.222 e. The van der Waals surface area contributed by atoms with Crippen LogP contribution in [-0.2, 0) is 4.79 Å². The molecule has 1 saturated heterocycles. The molecule has 1 aromatic carbocycles. The minimum atomic E-state index is -0.297. The second kappa shape index (κ2) is 6.86. The topological polar surface area (TPSA) is 46.1 Å². The molecule has 1 atom stereocenters. The first kappa shape index (κ1) is 15.6. The Hall–Kier alpha value is -2.30. The van der Waals surface area contributed by atoms with Gasteiger partial charge in [0.25, 0.3) is 0 Å². The Balaban J connectivity index is 1.83. The van der Waals surface area contributed by atoms with E-state index in [-0.39, 0.29) is 17.6 Å². The molecule has 0 spiro atoms. The van der Waals surface area contributed by atoms with Gasteiger partial charge in [0.2, 0.25) is 5.91 Å². The fourth-order valence-electron chi connectivity index (χ4n) is 3.04. The van der Waals surface area contributed by atoms with Gasteiger partial charge in [0, 0.05) is 42.9 Å². The molecule has 4 nitrogen and oxygen atoms in total. The van der Waals surface area contributed by atoms with Gasteiger partial charge in [-0.3, -0.25) is 4.79 Å². The third kappa shape index (κ3) is 3.55. The molecule has 0 saturated carbocycles. The predicted octanol–water partition coefficient (Wildman–Crippen LogP) is 3.40. The summed E-state index contributed by atoms with van der Waals surface area (Å²) in [7, 11) is 0. The standard InChI is InChI=1S/C18H20FN3O/c1-2-17(23)22-10-4-6-14(12-22)16-8-9-20-18(21-16)13-5-3-7-15(19)11-13/h3,5,7-9,11,14H,2,4,6,10,12H2,1H3. The quantitative estimate of drug-likeness (QED) is 0.872. The van der Waals surface area contributed by atoms with Crippen molar-refractivity contribution in [1.82, 2.24) is 14.9 Å². The Bertz CT molecular complexity index is 704. The third-order valence-corrected chi connectivity index (χ3v) is 4.25. The first-order valence-corrected chi connectivity index (χ1v) is 8.04. The van der Waals surface area contributed by atoms with Crippen LogP contribution >= 0.6 is 0 Å². The summed E-state index contributed by atoms with van der Waals surface area (Å²) in [6.07, 6.45) is 4.23. The highest BCUT2D eigenvalue weighted by Gasteiger charge is 2.25. The lowest BCUT2D eigenvalue weighted by Gasteiger charge is -2.32. The van der Waals surface area contributed by atoms with Crippen molar-refractivity contribution in [3.8, 4) is 11.4 Å². The van der Waals surface area contributed by atoms with Crippen molar-refractivity contribution in [2.24, 2.45) is 0 Å². The summed E-state index contributed by atoms with van der Waals surface area (Å²) in [5.41, 5.74) is 1.59. The Morgan fingerprint density at radius 2 is 2.26 bits per heavy atom. The van der Waals surface area contributed by atoms with Crippen LogP contribution in [0.1, 0.15) is 37.8 Å². The maximum Gasteiger partial charge on any atom is 0.222 e. The number of piperidine rings is 1. The molecule has 3 rings (SSSR count). The van der Waals surface area contributed by atoms with Crippen molar-refractivity contribution in [3.05, 3.63) is 48.0 Å². The number of rotatable bonds is 3. The predicted molar refractivity (Wildman–Crippen MR) is 86.3 cm³/mol. The number of amides is 1. The number of hydrogen-bond acceptors (Lipinski definition) is 3. The number of nitrogens with zero attached hydrogens (tertiary/aromatic N) is 3. The van der Waals surface area contributed by atoms with E-state index in [0.717, 1.165) is 25.1 Å². The van der Waals surface area contributed by atoms with Gasteiger partial charge in [0.1, 0.15) is 5.82 Å². The molecule has 1 fully saturated rings. The Morgan fingerprint density at radius 3 is 3.04 bits per heavy atom. The zero-order valence-corrected chi connectivity index (χ0v) is 13.2. The van der Waals surface area contributed by atoms with Gasteiger partial charge in [-0.15, -0.1) is 0 Å². The van der Waals surface area contributed by atoms with Gasteiger partial charge in [0.05, 0.1) is 0 Å². The van der Waals surface area contributed by atoms with Gasteiger partial charge >= 0.3 is 0 Å². The summed E-state index contributed by atoms with van der Waals surface area (Å²) >= 11 is 0. The van der Waals surface area contributed by atoms with Crippen LogP contribution in [0.25, 0.3) is 11.4 Å². The lowest BCUT2D eigenvalue weighted by molar-refractivity contribution is -0.132. The lowest BCUT2D eigenvalue weighted by Crippen LogP contribution is -2.38. The normalized spacial score (nSPS) is 18.0. The van der Waals surface area contributed by atoms with E-state index in [9.17, 15) is 9.18 Å². The summed E-state index contributed by atoms with van der Waals surface area (Å²) in [6.45, 7) is 3.41. The van der Waals surface area contributed by atoms with E-state index < -0.39 is 0 Å². The highest BCUT2D eigenvalue weighted by atomic mass is 19.1. The van der Waals surface area contributed by atoms with E-state index >= 15 is 0 Å². The SMILES string of the molecule is CCC(=O)N1CCCC(c2ccnc(-c3cccc(F)c3)n2)C1. The molecule has 23 heavy (non-hydrogen) atoms. The Labute approximate surface area is 135 Å². The van der Waals surface area contributed by atoms with Gasteiger partial charge < -0.3 is 4.90 Å². The van der Waals surface area contributed by atoms with E-state index in [1.165, 1.54) is 12.1 Å². The van der Waals surface area contributed by atoms with Crippen LogP contribution in [0.2, 0.25) is 0 Å². The molecule has 0 bridgehead atoms. The highest BCUT2D eigenvalue weighted by molar-refractivity contribution is 5.76. The Morgan fingerprint density at radius 1 is 1.39 bits per heavy atom. The molecule has 0 N–H and O–H groups in total. The van der Waals surface area contributed by atoms with E-state index in [1.54, 1.807) is 18.3 Å². The average molecular weight is 313 g/mol. The molecule has 1 aromatic heterocycles. The summed E-state index contributed by atoms with van der Waals surface area (Å²) in [4.78, 5) is 22.7. The summed E-state index contributed by atoms with van der Waals surface area (Å²) in [5.74, 6) is 0.637. The zero-order chi connectivity index (χ0) is 16.2. The van der Waals surface area contributed by atoms with Crippen molar-refractivity contribution in [2.45, 2.75) is 32.1 Å². The second-order valence-electron chi connectivity index (χ2n) is 5.85. The molecule has 2 aromatic rings. The largest absolute Gasteiger partial charge is 0.342 e. The number of hydrogen-bond donors (Lipinski definition) is 0. The molecule has 1 aliphatic heterocycles. The van der Waals surface area contributed by atoms with Crippen LogP contribution in [-0.4, -0.2) is 33.9 Å². The van der Waals surface area contributed by atoms with Gasteiger partial charge in [-0.05, 0) is 31.0 Å². The molecule has 0 aliphatic carbocycles. The Kier molecular flexibility index (Phi) is 4.65. The zero-order valence-electron chi connectivity index (χ0n) is 13.2. The van der Waals surface area contributed by atoms with Crippen molar-refractivity contribution in [3.63, 3.8) is 0 Å². The number of halogens is 1. The molecule has 1 unspecified atom stereocenters. The fourth-order valence-corrected chi connectivity index (χ4v) is 3.04. The molecule has 5 heteroatoms. The molecular formula is C18H20FN3O. The number of carbonyl (C=O) groups excluding carboxylic acids is 1. The van der Waals surface area contributed by atoms with E-state index in [1.807, 2.05) is 17.9 Å². The van der Waals surface area contributed by atoms with Crippen molar-refractivity contribution in [1.29, 1.82) is 0 Å². The van der Waals surface area contributed by atoms with Crippen LogP contribution in [0.15, 0.2) is 36.5 Å². The number of aromatic nitrogens is 2. The van der Waals surface area contributed by atoms with Gasteiger partial charge in [0.15, 0.2) is 5.82 Å². The maximum atomic E-state index is 13.4. The van der Waals surface area contributed by atoms with Crippen molar-refractivity contribution in [2.75, 3.05) is 13.1 Å². The molecular weight excluding hydrogens is 293 g/mol. The van der Waals surface area contributed by atoms with E-state index in [0.29, 0.717) is 24.4 Å². The molecule has 2 heterocycles. The first-order chi connectivity index (χ1) is 11.2. The van der Waals surface area contributed by atoms with Gasteiger partial charge in [-0.25, -0.2) is 14.4 Å². The van der Waals surface area contributed by atoms with Gasteiger partial charge in [-0.2, -0.15) is 0 Å². The second-order valence-corrected chi connectivity index (χ2v) is 5.85. The minimum Gasteiger partial charge on any atom is -0.342 e. The van der Waals surface area contributed by atoms with Crippen LogP contribution in [0.4, 0.5) is 4.39 Å². The highest BCUT2D eigenvalue weighted by Crippen LogP contribution is 2.27. The summed E-state index contributed by atoms with van der Waals surface area (Å²) in [6, 6.07) is 8.20. The molecule has 0 radical (unpaired) electrons. The van der Waals surface area contributed by atoms with Crippen molar-refractivity contribution < 1.29 is 9.18 Å². The molecule has 120 valence electrons. The summed E-state index contributed by atoms with van der Waals surface area (Å²) in [5, 5.41) is 0. The number of benzene rings is 1. The van der Waals surface area contributed by atoms with Crippen molar-refractivity contribution >= 4 is 5.91 Å². The number of likely N-dealkylation sites (tertiary alicyclic amines) is 1. The fraction of sp³-hybridized carbons (Fsp3) is 0.389. The minimum absolute atomic E-state index is 0.189. The van der Waals surface area contributed by atoms with Gasteiger partial charge in [-0.1, -0.05) is 19.1 Å². The molecule has 1 amide bonds. The summed E-state index contributed by atoms with van der Waals surface area (Å²) < 4.78 is 13.4. The lowest BCUT2D eigenvalue weighted by atomic mass is 9.94. The van der Waals surface area contributed by atoms with Crippen LogP contribution in [0.3, 0.4) is 0 Å². The van der Waals surface area contributed by atoms with Crippen LogP contribution in [0, 0.1) is 5.82 Å². The monoisotopic (exact) mass is 313 g/mol. The maximum absolute atomic E-state index is 13.4. The first-order valence-electron chi connectivity index (χ1n) is 8.04. The number of carbonyl (C=O) groups is 1. The van der Waals surface area contributed by atoms with E-state index in [4.69, 9.17) is 0 Å². The third-order valence-electron chi connectivity index (χ3n) is 4.25. The average Bonchev–Trinajstić information content (AvgIpc) is 2.61. The van der Waals surface area contributed by atoms with Crippen LogP contribution in [0.5, 0.6) is 0 Å². The van der Waals surface area contributed by atoms with Crippen LogP contribution < -0.4 is 0 Å². The molecule has 1 aliphatic rings.